The van der Waals surface area contributed by atoms with Crippen molar-refractivity contribution in [2.75, 3.05) is 34.9 Å². The van der Waals surface area contributed by atoms with Crippen molar-refractivity contribution >= 4 is 40.8 Å². The molecule has 1 aliphatic heterocycles. The summed E-state index contributed by atoms with van der Waals surface area (Å²) in [5.41, 5.74) is 12.7. The second kappa shape index (κ2) is 6.24. The van der Waals surface area contributed by atoms with Gasteiger partial charge in [-0.15, -0.1) is 0 Å². The molecule has 2 rings (SSSR count). The lowest BCUT2D eigenvalue weighted by Crippen LogP contribution is -2.23. The fourth-order valence-corrected chi connectivity index (χ4v) is 4.38. The number of rotatable bonds is 4. The normalized spacial score (nSPS) is 19.4. The topological polar surface area (TPSA) is 81.1 Å². The number of carbonyl (C=O) groups is 1. The maximum absolute atomic E-state index is 11.2. The molecule has 0 saturated carbocycles. The molecule has 0 aromatic heterocycles. The van der Waals surface area contributed by atoms with Crippen LogP contribution in [0.15, 0.2) is 18.2 Å². The summed E-state index contributed by atoms with van der Waals surface area (Å²) in [6, 6.07) is 5.31. The van der Waals surface area contributed by atoms with Crippen molar-refractivity contribution < 1.29 is 4.79 Å². The van der Waals surface area contributed by atoms with E-state index in [1.54, 1.807) is 12.1 Å². The lowest BCUT2D eigenvalue weighted by molar-refractivity contribution is 0.100. The van der Waals surface area contributed by atoms with Crippen LogP contribution in [-0.4, -0.2) is 35.0 Å². The van der Waals surface area contributed by atoms with E-state index in [1.165, 1.54) is 17.3 Å². The number of anilines is 2. The van der Waals surface area contributed by atoms with Crippen molar-refractivity contribution in [2.45, 2.75) is 5.25 Å². The van der Waals surface area contributed by atoms with Crippen molar-refractivity contribution in [3.8, 4) is 0 Å². The van der Waals surface area contributed by atoms with E-state index in [1.807, 2.05) is 29.6 Å². The van der Waals surface area contributed by atoms with Gasteiger partial charge in [-0.3, -0.25) is 4.79 Å². The number of hydrogen-bond donors (Lipinski definition) is 3. The van der Waals surface area contributed by atoms with Gasteiger partial charge in [-0.2, -0.15) is 23.5 Å². The molecule has 1 aromatic rings. The van der Waals surface area contributed by atoms with Crippen LogP contribution in [0.2, 0.25) is 0 Å². The maximum atomic E-state index is 11.2. The van der Waals surface area contributed by atoms with E-state index in [0.29, 0.717) is 16.5 Å². The molecule has 0 aliphatic carbocycles. The van der Waals surface area contributed by atoms with Crippen molar-refractivity contribution in [1.29, 1.82) is 0 Å². The minimum atomic E-state index is -0.487. The van der Waals surface area contributed by atoms with Gasteiger partial charge >= 0.3 is 0 Å². The van der Waals surface area contributed by atoms with E-state index in [9.17, 15) is 4.79 Å². The van der Waals surface area contributed by atoms with E-state index in [2.05, 4.69) is 5.32 Å². The standard InChI is InChI=1S/C12H17N3OS2/c13-11-2-1-8(5-10(11)12(14)16)15-6-9-7-17-3-4-18-9/h1-2,5,9,15H,3-4,6-7,13H2,(H2,14,16). The first-order chi connectivity index (χ1) is 8.66. The molecule has 0 spiro atoms. The SMILES string of the molecule is NC(=O)c1cc(NCC2CSCCS2)ccc1N. The highest BCUT2D eigenvalue weighted by Gasteiger charge is 2.14. The molecule has 1 heterocycles. The van der Waals surface area contributed by atoms with Gasteiger partial charge in [0, 0.05) is 40.4 Å². The predicted octanol–water partition coefficient (Wildman–Crippen LogP) is 1.63. The maximum Gasteiger partial charge on any atom is 0.250 e. The fourth-order valence-electron chi connectivity index (χ4n) is 1.77. The number of nitrogens with one attached hydrogen (secondary N) is 1. The van der Waals surface area contributed by atoms with Crippen LogP contribution in [0.5, 0.6) is 0 Å². The van der Waals surface area contributed by atoms with Crippen molar-refractivity contribution in [2.24, 2.45) is 5.73 Å². The number of thioether (sulfide) groups is 2. The number of amides is 1. The van der Waals surface area contributed by atoms with Gasteiger partial charge in [0.25, 0.3) is 5.91 Å². The molecule has 6 heteroatoms. The van der Waals surface area contributed by atoms with Crippen molar-refractivity contribution in [1.82, 2.24) is 0 Å². The Labute approximate surface area is 115 Å². The molecule has 1 fully saturated rings. The van der Waals surface area contributed by atoms with Gasteiger partial charge in [-0.1, -0.05) is 0 Å². The van der Waals surface area contributed by atoms with Crippen molar-refractivity contribution in [3.63, 3.8) is 0 Å². The highest BCUT2D eigenvalue weighted by atomic mass is 32.2. The fraction of sp³-hybridized carbons (Fsp3) is 0.417. The number of benzene rings is 1. The molecule has 0 radical (unpaired) electrons. The van der Waals surface area contributed by atoms with Gasteiger partial charge < -0.3 is 16.8 Å². The zero-order chi connectivity index (χ0) is 13.0. The Bertz CT molecular complexity index is 433. The molecular formula is C12H17N3OS2. The predicted molar refractivity (Wildman–Crippen MR) is 81.4 cm³/mol. The second-order valence-electron chi connectivity index (χ2n) is 4.11. The first-order valence-corrected chi connectivity index (χ1v) is 7.99. The molecule has 5 N–H and O–H groups in total. The summed E-state index contributed by atoms with van der Waals surface area (Å²) in [5, 5.41) is 3.96. The number of primary amides is 1. The van der Waals surface area contributed by atoms with Gasteiger partial charge in [0.05, 0.1) is 5.56 Å². The molecule has 1 saturated heterocycles. The average molecular weight is 283 g/mol. The number of hydrogen-bond acceptors (Lipinski definition) is 5. The molecule has 4 nitrogen and oxygen atoms in total. The quantitative estimate of drug-likeness (QED) is 0.732. The summed E-state index contributed by atoms with van der Waals surface area (Å²) in [6.07, 6.45) is 0. The molecule has 1 amide bonds. The van der Waals surface area contributed by atoms with Crippen LogP contribution in [0.25, 0.3) is 0 Å². The molecule has 1 atom stereocenters. The Balaban J connectivity index is 1.96. The van der Waals surface area contributed by atoms with E-state index < -0.39 is 5.91 Å². The Morgan fingerprint density at radius 3 is 2.94 bits per heavy atom. The molecule has 1 aliphatic rings. The van der Waals surface area contributed by atoms with Gasteiger partial charge in [0.2, 0.25) is 0 Å². The summed E-state index contributed by atoms with van der Waals surface area (Å²) in [6.45, 7) is 0.903. The molecule has 0 bridgehead atoms. The Kier molecular flexibility index (Phi) is 4.66. The average Bonchev–Trinajstić information content (AvgIpc) is 2.38. The molecular weight excluding hydrogens is 266 g/mol. The monoisotopic (exact) mass is 283 g/mol. The molecule has 98 valence electrons. The van der Waals surface area contributed by atoms with Gasteiger partial charge in [0.1, 0.15) is 0 Å². The first-order valence-electron chi connectivity index (χ1n) is 5.79. The van der Waals surface area contributed by atoms with Gasteiger partial charge in [0.15, 0.2) is 0 Å². The summed E-state index contributed by atoms with van der Waals surface area (Å²) < 4.78 is 0. The lowest BCUT2D eigenvalue weighted by Gasteiger charge is -2.21. The zero-order valence-electron chi connectivity index (χ0n) is 10.0. The zero-order valence-corrected chi connectivity index (χ0v) is 11.7. The van der Waals surface area contributed by atoms with E-state index >= 15 is 0 Å². The highest BCUT2D eigenvalue weighted by molar-refractivity contribution is 8.06. The number of nitrogens with two attached hydrogens (primary N) is 2. The van der Waals surface area contributed by atoms with Crippen LogP contribution < -0.4 is 16.8 Å². The van der Waals surface area contributed by atoms with Crippen LogP contribution in [-0.2, 0) is 0 Å². The largest absolute Gasteiger partial charge is 0.398 e. The molecule has 1 unspecified atom stereocenters. The van der Waals surface area contributed by atoms with Gasteiger partial charge in [-0.25, -0.2) is 0 Å². The summed E-state index contributed by atoms with van der Waals surface area (Å²) >= 11 is 3.99. The third kappa shape index (κ3) is 3.49. The smallest absolute Gasteiger partial charge is 0.250 e. The highest BCUT2D eigenvalue weighted by Crippen LogP contribution is 2.25. The third-order valence-corrected chi connectivity index (χ3v) is 5.58. The van der Waals surface area contributed by atoms with Gasteiger partial charge in [-0.05, 0) is 18.2 Å². The summed E-state index contributed by atoms with van der Waals surface area (Å²) in [5.74, 6) is 3.15. The summed E-state index contributed by atoms with van der Waals surface area (Å²) in [7, 11) is 0. The number of carbonyl (C=O) groups excluding carboxylic acids is 1. The van der Waals surface area contributed by atoms with Crippen LogP contribution in [0.3, 0.4) is 0 Å². The Morgan fingerprint density at radius 1 is 1.44 bits per heavy atom. The Morgan fingerprint density at radius 2 is 2.28 bits per heavy atom. The minimum Gasteiger partial charge on any atom is -0.398 e. The lowest BCUT2D eigenvalue weighted by atomic mass is 10.1. The van der Waals surface area contributed by atoms with Crippen LogP contribution >= 0.6 is 23.5 Å². The second-order valence-corrected chi connectivity index (χ2v) is 6.67. The van der Waals surface area contributed by atoms with Crippen LogP contribution in [0, 0.1) is 0 Å². The van der Waals surface area contributed by atoms with E-state index in [4.69, 9.17) is 11.5 Å². The minimum absolute atomic E-state index is 0.380. The van der Waals surface area contributed by atoms with E-state index in [-0.39, 0.29) is 0 Å². The van der Waals surface area contributed by atoms with Crippen LogP contribution in [0.1, 0.15) is 10.4 Å². The van der Waals surface area contributed by atoms with E-state index in [0.717, 1.165) is 12.2 Å². The molecule has 1 aromatic carbocycles. The summed E-state index contributed by atoms with van der Waals surface area (Å²) in [4.78, 5) is 11.2. The first kappa shape index (κ1) is 13.4. The van der Waals surface area contributed by atoms with Crippen LogP contribution in [0.4, 0.5) is 11.4 Å². The number of nitrogen functional groups attached to an aromatic ring is 1. The van der Waals surface area contributed by atoms with Crippen molar-refractivity contribution in [3.05, 3.63) is 23.8 Å². The third-order valence-electron chi connectivity index (χ3n) is 2.74. The Hall–Kier alpha value is -1.01. The molecule has 18 heavy (non-hydrogen) atoms.